The predicted molar refractivity (Wildman–Crippen MR) is 334 cm³/mol. The van der Waals surface area contributed by atoms with Gasteiger partial charge < -0.3 is 9.80 Å². The molecule has 0 heterocycles. The van der Waals surface area contributed by atoms with Gasteiger partial charge in [-0.3, -0.25) is 0 Å². The van der Waals surface area contributed by atoms with Crippen LogP contribution >= 0.6 is 0 Å². The summed E-state index contributed by atoms with van der Waals surface area (Å²) in [5, 5.41) is 17.5. The Morgan fingerprint density at radius 3 is 1.00 bits per heavy atom. The van der Waals surface area contributed by atoms with Gasteiger partial charge in [0.05, 0.1) is 22.7 Å². The van der Waals surface area contributed by atoms with Gasteiger partial charge in [-0.2, -0.15) is 0 Å². The van der Waals surface area contributed by atoms with Gasteiger partial charge in [-0.25, -0.2) is 0 Å². The van der Waals surface area contributed by atoms with Crippen molar-refractivity contribution >= 4 is 110 Å². The Labute approximate surface area is 455 Å². The number of nitrogens with zero attached hydrogens (tertiary/aromatic N) is 2. The Kier molecular flexibility index (Phi) is 10.5. The van der Waals surface area contributed by atoms with E-state index in [9.17, 15) is 0 Å². The summed E-state index contributed by atoms with van der Waals surface area (Å²) in [6.07, 6.45) is 9.12. The fourth-order valence-electron chi connectivity index (χ4n) is 14.2. The summed E-state index contributed by atoms with van der Waals surface area (Å²) in [7, 11) is 0. The van der Waals surface area contributed by atoms with Crippen molar-refractivity contribution in [2.24, 2.45) is 0 Å². The number of fused-ring (bicyclic) bond motifs is 6. The van der Waals surface area contributed by atoms with E-state index in [0.717, 1.165) is 25.7 Å². The molecule has 0 N–H and O–H groups in total. The molecule has 370 valence electrons. The standard InChI is InChI=1S/C76H56N2/c1-7-31-55-49(19-1)25-13-37-61(55)67-47-73(77(69-39-15-27-51-21-3-9-33-57(51)69)70-40-16-28-52-22-4-10-34-58(52)70)65-46-44-64-68(62-38-14-26-50-20-2-8-32-56(50)62)48-74(66-45-43-63(67)75(65)76(64)66)78(71-41-17-29-53-23-5-11-35-59(53)71)72-42-18-30-54-24-6-12-36-60(54)72/h1-3,5,7-9,11,13-21,23,25-33,35,37-48H,4,6,10,12,22,24,34,36H2. The van der Waals surface area contributed by atoms with Crippen LogP contribution in [0.25, 0.3) is 97.7 Å². The Bertz CT molecular complexity index is 4390. The van der Waals surface area contributed by atoms with Crippen molar-refractivity contribution in [3.63, 3.8) is 0 Å². The zero-order valence-electron chi connectivity index (χ0n) is 43.6. The first-order valence-electron chi connectivity index (χ1n) is 28.3. The Morgan fingerprint density at radius 1 is 0.218 bits per heavy atom. The van der Waals surface area contributed by atoms with Crippen molar-refractivity contribution in [3.05, 3.63) is 265 Å². The van der Waals surface area contributed by atoms with Crippen molar-refractivity contribution in [1.82, 2.24) is 0 Å². The minimum Gasteiger partial charge on any atom is -0.309 e. The van der Waals surface area contributed by atoms with Crippen LogP contribution in [-0.4, -0.2) is 0 Å². The van der Waals surface area contributed by atoms with Crippen molar-refractivity contribution in [2.75, 3.05) is 9.80 Å². The maximum absolute atomic E-state index is 2.66. The van der Waals surface area contributed by atoms with Crippen molar-refractivity contribution < 1.29 is 0 Å². The molecule has 0 spiro atoms. The molecule has 2 aliphatic carbocycles. The second-order valence-electron chi connectivity index (χ2n) is 21.9. The van der Waals surface area contributed by atoms with Crippen LogP contribution in [0, 0.1) is 0 Å². The summed E-state index contributed by atoms with van der Waals surface area (Å²) in [6, 6.07) is 92.6. The number of aryl methyl sites for hydroxylation is 2. The van der Waals surface area contributed by atoms with Gasteiger partial charge in [-0.15, -0.1) is 0 Å². The second kappa shape index (κ2) is 18.2. The van der Waals surface area contributed by atoms with Crippen LogP contribution in [0.15, 0.2) is 243 Å². The van der Waals surface area contributed by atoms with E-state index in [1.807, 2.05) is 0 Å². The molecule has 78 heavy (non-hydrogen) atoms. The normalized spacial score (nSPS) is 13.5. The lowest BCUT2D eigenvalue weighted by atomic mass is 9.83. The Hall–Kier alpha value is -9.24. The molecule has 2 nitrogen and oxygen atoms in total. The molecule has 0 bridgehead atoms. The highest BCUT2D eigenvalue weighted by Crippen LogP contribution is 2.55. The van der Waals surface area contributed by atoms with E-state index in [1.54, 1.807) is 0 Å². The van der Waals surface area contributed by atoms with Crippen LogP contribution in [0.1, 0.15) is 47.9 Å². The van der Waals surface area contributed by atoms with Crippen molar-refractivity contribution in [1.29, 1.82) is 0 Å². The molecule has 14 aromatic rings. The molecule has 0 unspecified atom stereocenters. The first kappa shape index (κ1) is 45.0. The number of benzene rings is 14. The molecule has 0 fully saturated rings. The smallest absolute Gasteiger partial charge is 0.0547 e. The van der Waals surface area contributed by atoms with E-state index in [-0.39, 0.29) is 0 Å². The summed E-state index contributed by atoms with van der Waals surface area (Å²) in [6.45, 7) is 0. The third-order valence-electron chi connectivity index (χ3n) is 17.7. The highest BCUT2D eigenvalue weighted by Gasteiger charge is 2.30. The third kappa shape index (κ3) is 7.02. The summed E-state index contributed by atoms with van der Waals surface area (Å²) in [5.74, 6) is 0. The average molecular weight is 997 g/mol. The maximum atomic E-state index is 2.66. The van der Waals surface area contributed by atoms with Crippen molar-refractivity contribution in [2.45, 2.75) is 51.4 Å². The molecule has 0 saturated heterocycles. The molecule has 0 aliphatic heterocycles. The van der Waals surface area contributed by atoms with Gasteiger partial charge in [-0.1, -0.05) is 206 Å². The summed E-state index contributed by atoms with van der Waals surface area (Å²) >= 11 is 0. The fraction of sp³-hybridized carbons (Fsp3) is 0.105. The van der Waals surface area contributed by atoms with Gasteiger partial charge >= 0.3 is 0 Å². The summed E-state index contributed by atoms with van der Waals surface area (Å²) < 4.78 is 0. The van der Waals surface area contributed by atoms with E-state index >= 15 is 0 Å². The van der Waals surface area contributed by atoms with E-state index < -0.39 is 0 Å². The van der Waals surface area contributed by atoms with Gasteiger partial charge in [-0.05, 0) is 175 Å². The molecular formula is C76H56N2. The molecule has 0 atom stereocenters. The van der Waals surface area contributed by atoms with Gasteiger partial charge in [0.2, 0.25) is 0 Å². The molecule has 2 heteroatoms. The summed E-state index contributed by atoms with van der Waals surface area (Å²) in [4.78, 5) is 5.33. The maximum Gasteiger partial charge on any atom is 0.0547 e. The van der Waals surface area contributed by atoms with Crippen LogP contribution in [0.2, 0.25) is 0 Å². The van der Waals surface area contributed by atoms with E-state index in [1.165, 1.54) is 180 Å². The largest absolute Gasteiger partial charge is 0.309 e. The van der Waals surface area contributed by atoms with E-state index in [4.69, 9.17) is 0 Å². The minimum absolute atomic E-state index is 1.06. The zero-order chi connectivity index (χ0) is 51.3. The van der Waals surface area contributed by atoms with Crippen LogP contribution in [-0.2, 0) is 25.7 Å². The predicted octanol–water partition coefficient (Wildman–Crippen LogP) is 21.2. The van der Waals surface area contributed by atoms with Crippen molar-refractivity contribution in [3.8, 4) is 22.3 Å². The van der Waals surface area contributed by atoms with Gasteiger partial charge in [0.15, 0.2) is 0 Å². The highest BCUT2D eigenvalue weighted by atomic mass is 15.2. The first-order chi connectivity index (χ1) is 38.7. The molecule has 2 aliphatic rings. The number of hydrogen-bond donors (Lipinski definition) is 0. The van der Waals surface area contributed by atoms with Gasteiger partial charge in [0.25, 0.3) is 0 Å². The molecule has 0 aromatic heterocycles. The lowest BCUT2D eigenvalue weighted by molar-refractivity contribution is 0.686. The molecule has 0 radical (unpaired) electrons. The second-order valence-corrected chi connectivity index (χ2v) is 21.9. The number of rotatable bonds is 8. The van der Waals surface area contributed by atoms with Gasteiger partial charge in [0.1, 0.15) is 0 Å². The van der Waals surface area contributed by atoms with Gasteiger partial charge in [0, 0.05) is 43.7 Å². The monoisotopic (exact) mass is 996 g/mol. The Balaban J connectivity index is 1.11. The number of anilines is 6. The SMILES string of the molecule is c1cc2c(c(N(c3cccc4ccccc34)c3cc(-c4cccc5ccccc45)c4ccc5c(N(c6cccc7c6CCCC7)c6cccc7ccccc67)cc(-c6cccc7ccccc67)c6ccc3c4c65)c1)CCCC2. The van der Waals surface area contributed by atoms with Crippen LogP contribution in [0.3, 0.4) is 0 Å². The molecule has 16 rings (SSSR count). The van der Waals surface area contributed by atoms with E-state index in [0.29, 0.717) is 0 Å². The quantitative estimate of drug-likeness (QED) is 0.140. The molecule has 14 aromatic carbocycles. The Morgan fingerprint density at radius 2 is 0.551 bits per heavy atom. The van der Waals surface area contributed by atoms with Crippen LogP contribution < -0.4 is 9.80 Å². The molecular weight excluding hydrogens is 941 g/mol. The molecule has 0 saturated carbocycles. The van der Waals surface area contributed by atoms with E-state index in [2.05, 4.69) is 252 Å². The molecule has 0 amide bonds. The third-order valence-corrected chi connectivity index (χ3v) is 17.7. The number of hydrogen-bond acceptors (Lipinski definition) is 2. The lowest BCUT2D eigenvalue weighted by Crippen LogP contribution is -2.17. The average Bonchev–Trinajstić information content (AvgIpc) is 3.65. The van der Waals surface area contributed by atoms with Crippen LogP contribution in [0.4, 0.5) is 34.1 Å². The topological polar surface area (TPSA) is 6.48 Å². The lowest BCUT2D eigenvalue weighted by Gasteiger charge is -2.34. The minimum atomic E-state index is 1.06. The fourth-order valence-corrected chi connectivity index (χ4v) is 14.2. The highest BCUT2D eigenvalue weighted by molar-refractivity contribution is 6.33. The first-order valence-corrected chi connectivity index (χ1v) is 28.3. The zero-order valence-corrected chi connectivity index (χ0v) is 43.6. The van der Waals surface area contributed by atoms with Crippen LogP contribution in [0.5, 0.6) is 0 Å². The summed E-state index contributed by atoms with van der Waals surface area (Å²) in [5.41, 5.74) is 18.1.